The molecule has 0 bridgehead atoms. The lowest BCUT2D eigenvalue weighted by molar-refractivity contribution is -0.894. The number of pyridine rings is 1. The number of methoxy groups -OCH3 is 4. The minimum Gasteiger partial charge on any atom is -0.540 e. The Bertz CT molecular complexity index is 5990. The number of H-pyrrole nitrogens is 1. The fourth-order valence-electron chi connectivity index (χ4n) is 10.9. The Hall–Kier alpha value is -18.4. The van der Waals surface area contributed by atoms with Crippen molar-refractivity contribution < 1.29 is 76.2 Å². The van der Waals surface area contributed by atoms with Crippen LogP contribution in [0.1, 0.15) is 108 Å². The van der Waals surface area contributed by atoms with Gasteiger partial charge in [0.15, 0.2) is 12.4 Å². The predicted octanol–water partition coefficient (Wildman–Crippen LogP) is 13.1. The Morgan fingerprint density at radius 2 is 0.795 bits per heavy atom. The van der Waals surface area contributed by atoms with Gasteiger partial charge in [-0.1, -0.05) is 120 Å². The van der Waals surface area contributed by atoms with E-state index in [-0.39, 0.29) is 113 Å². The number of esters is 4. The molecule has 0 saturated heterocycles. The molecule has 0 aliphatic rings. The fourth-order valence-corrected chi connectivity index (χ4v) is 10.9. The zero-order valence-electron chi connectivity index (χ0n) is 66.9. The first-order valence-corrected chi connectivity index (χ1v) is 36.1. The highest BCUT2D eigenvalue weighted by atomic mass is 16.5. The average Bonchev–Trinajstić information content (AvgIpc) is 1.70. The van der Waals surface area contributed by atoms with Gasteiger partial charge >= 0.3 is 23.9 Å². The Morgan fingerprint density at radius 3 is 1.10 bits per heavy atom. The van der Waals surface area contributed by atoms with E-state index in [0.717, 1.165) is 0 Å². The third-order valence-corrected chi connectivity index (χ3v) is 17.1. The van der Waals surface area contributed by atoms with Crippen LogP contribution in [-0.4, -0.2) is 72.0 Å². The second-order valence-corrected chi connectivity index (χ2v) is 24.0. The number of para-hydroxylation sites is 1. The molecule has 0 amide bonds. The van der Waals surface area contributed by atoms with Crippen molar-refractivity contribution in [3.63, 3.8) is 0 Å². The zero-order valence-corrected chi connectivity index (χ0v) is 66.9. The predicted molar refractivity (Wildman–Crippen MR) is 442 cm³/mol. The molecule has 0 unspecified atom stereocenters. The van der Waals surface area contributed by atoms with Crippen molar-refractivity contribution in [2.24, 2.45) is 7.05 Å². The van der Waals surface area contributed by atoms with Crippen LogP contribution < -0.4 is 29.2 Å². The number of nitrogens with zero attached hydrogens (tertiary/aromatic N) is 14. The Kier molecular flexibility index (Phi) is 38.6. The summed E-state index contributed by atoms with van der Waals surface area (Å²) in [5, 5.41) is 104. The van der Waals surface area contributed by atoms with E-state index < -0.39 is 35.8 Å². The van der Waals surface area contributed by atoms with Gasteiger partial charge in [-0.15, -0.1) is 52.1 Å². The molecule has 0 radical (unpaired) electrons. The number of oxazole rings is 2. The van der Waals surface area contributed by atoms with Gasteiger partial charge in [0.25, 0.3) is 23.2 Å². The molecule has 28 heteroatoms. The first-order chi connectivity index (χ1) is 59.1. The first kappa shape index (κ1) is 94.2. The molecule has 122 heavy (non-hydrogen) atoms. The Labute approximate surface area is 705 Å². The average molecular weight is 1620 g/mol. The number of quaternary nitrogens is 1. The highest BCUT2D eigenvalue weighted by molar-refractivity contribution is 5.96. The summed E-state index contributed by atoms with van der Waals surface area (Å²) in [5.41, 5.74) is 2.19. The molecular weight excluding hydrogens is 1550 g/mol. The highest BCUT2D eigenvalue weighted by Gasteiger charge is 2.23. The molecule has 28 nitrogen and oxygen atoms in total. The smallest absolute Gasteiger partial charge is 0.337 e. The number of aromatic nitrogens is 3. The van der Waals surface area contributed by atoms with Crippen LogP contribution >= 0.6 is 0 Å². The van der Waals surface area contributed by atoms with E-state index in [9.17, 15) is 71.5 Å². The van der Waals surface area contributed by atoms with E-state index >= 15 is 0 Å². The summed E-state index contributed by atoms with van der Waals surface area (Å²) >= 11 is 0. The topological polar surface area (TPSA) is 412 Å². The second kappa shape index (κ2) is 50.0. The van der Waals surface area contributed by atoms with Crippen molar-refractivity contribution in [2.45, 2.75) is 20.8 Å². The third-order valence-electron chi connectivity index (χ3n) is 17.1. The lowest BCUT2D eigenvalue weighted by Crippen LogP contribution is -3.11. The van der Waals surface area contributed by atoms with Crippen LogP contribution in [-0.2, 0) is 26.0 Å². The number of benzene rings is 5. The number of carbonyl (C=O) groups is 4. The summed E-state index contributed by atoms with van der Waals surface area (Å²) in [5.74, 6) is -3.66. The third kappa shape index (κ3) is 25.8. The van der Waals surface area contributed by atoms with Gasteiger partial charge in [0.2, 0.25) is 29.2 Å². The standard InChI is InChI=1S/C44H27N7O6.C39H25N7O6.C6H15N.C5H5N/c1-49-36(27-47)40(29-17-21-31(22-18-29)42(52)55-3)33(25-45)11-8-9-15-38-44(54)57-39(51(38)35-13-6-5-7-14-35)16-10-12-34(26-46)41(37(28-48)50-2)30-19-23-32(24-20-30)43(53)56-4;1-44-31(23-42)35(25-13-17-27(18-14-25)37(47)50-4)29(21-40)9-6-7-11-33-39(49)52-34(46(33)3)12-8-10-30(22-41)36(32(24-43)45-2)26-15-19-28(20-16-26)38(48)51-5;1-4-7(5-2)6-3;1-2-4-6-5-3-1/h5-24,54H,3-4H3;6-20,49H,3-5H3;4-6H2,1-3H3;1-5H/b11-8+,15-9+,16-10+,34-12+,40-33+,41-37+;9-6+,11-7+,12-8+,30-10+,35-29+,36-32+;;. The molecule has 0 aliphatic carbocycles. The van der Waals surface area contributed by atoms with Crippen LogP contribution in [0.5, 0.6) is 11.9 Å². The van der Waals surface area contributed by atoms with Crippen molar-refractivity contribution in [2.75, 3.05) is 48.1 Å². The van der Waals surface area contributed by atoms with Crippen molar-refractivity contribution >= 4 is 70.5 Å². The Morgan fingerprint density at radius 1 is 0.451 bits per heavy atom. The van der Waals surface area contributed by atoms with E-state index in [1.165, 1.54) is 239 Å². The van der Waals surface area contributed by atoms with Crippen molar-refractivity contribution in [1.29, 1.82) is 42.1 Å². The maximum absolute atomic E-state index is 13.2. The monoisotopic (exact) mass is 1620 g/mol. The molecular formula is C94H72N16O12. The molecule has 8 rings (SSSR count). The summed E-state index contributed by atoms with van der Waals surface area (Å²) < 4.78 is 32.7. The second-order valence-electron chi connectivity index (χ2n) is 24.0. The van der Waals surface area contributed by atoms with Crippen LogP contribution in [0.2, 0.25) is 0 Å². The van der Waals surface area contributed by atoms with Gasteiger partial charge in [0.1, 0.15) is 18.9 Å². The molecule has 600 valence electrons. The molecule has 0 saturated carbocycles. The van der Waals surface area contributed by atoms with Gasteiger partial charge in [0.05, 0.1) is 144 Å². The molecule has 0 atom stereocenters. The molecule has 3 heterocycles. The lowest BCUT2D eigenvalue weighted by Gasteiger charge is -2.20. The van der Waals surface area contributed by atoms with Gasteiger partial charge in [-0.3, -0.25) is 0 Å². The number of nitrogens with one attached hydrogen (secondary N) is 2. The summed E-state index contributed by atoms with van der Waals surface area (Å²) in [6.07, 6.45) is 23.4. The largest absolute Gasteiger partial charge is 0.540 e. The number of allylic oxidation sites excluding steroid dienone is 18. The van der Waals surface area contributed by atoms with Gasteiger partial charge in [-0.05, 0) is 80.5 Å². The van der Waals surface area contributed by atoms with Gasteiger partial charge in [-0.2, -0.15) is 26.2 Å². The van der Waals surface area contributed by atoms with Gasteiger partial charge in [0, 0.05) is 59.7 Å². The SMILES string of the molecule is CC[NH+](CC)CC.[C-]#[N+]/C(C#N)=C(/C(C#N)=C/C=C/c1oc([O-])c(/C=C/C=C/C(C#N)=C(/c2ccc(C(=O)OC)cc2)[C-](C#N)[N+]#[C-])[n+]1-c1ccccc1)c1ccc(C(=O)OC)cc1.[C-]#[N+]/C(C#N)=C(/C(C#N)=C/C=C/c1oc([O-])c(/C=C/C=C/C(C#N)=C(/c2ccc(C(=O)OC)cc2)[C-](C#N)[N+]#[C-])[n+]1C)c1ccc(C(=O)OC)cc1.c1cc[nH+]cc1. The molecule has 8 aromatic rings. The normalized spacial score (nSPS) is 11.6. The number of nitriles is 8. The van der Waals surface area contributed by atoms with Crippen molar-refractivity contribution in [1.82, 2.24) is 0 Å². The zero-order chi connectivity index (χ0) is 89.5. The van der Waals surface area contributed by atoms with E-state index in [2.05, 4.69) is 45.1 Å². The molecule has 3 aromatic heterocycles. The van der Waals surface area contributed by atoms with E-state index in [1.54, 1.807) is 60.5 Å². The van der Waals surface area contributed by atoms with Gasteiger partial charge in [-0.25, -0.2) is 75.1 Å². The molecule has 0 aliphatic heterocycles. The maximum Gasteiger partial charge on any atom is 0.337 e. The minimum absolute atomic E-state index is 0.0226. The minimum atomic E-state index is -0.741. The van der Waals surface area contributed by atoms with Crippen LogP contribution in [0.15, 0.2) is 261 Å². The lowest BCUT2D eigenvalue weighted by atomic mass is 9.93. The number of ether oxygens (including phenoxy) is 4. The molecule has 2 N–H and O–H groups in total. The van der Waals surface area contributed by atoms with E-state index in [0.29, 0.717) is 27.9 Å². The van der Waals surface area contributed by atoms with Gasteiger partial charge < -0.3 is 42.9 Å². The highest BCUT2D eigenvalue weighted by Crippen LogP contribution is 2.35. The number of aromatic amines is 1. The number of carbonyl (C=O) groups excluding carboxylic acids is 4. The van der Waals surface area contributed by atoms with Crippen LogP contribution in [0, 0.1) is 129 Å². The maximum atomic E-state index is 13.2. The Balaban J connectivity index is 0.000000378. The van der Waals surface area contributed by atoms with Crippen LogP contribution in [0.25, 0.3) is 71.7 Å². The number of hydrogen-bond donors (Lipinski definition) is 1. The van der Waals surface area contributed by atoms with Crippen molar-refractivity contribution in [3.8, 4) is 66.1 Å². The van der Waals surface area contributed by atoms with E-state index in [4.69, 9.17) is 54.1 Å². The summed E-state index contributed by atoms with van der Waals surface area (Å²) in [6, 6.07) is 52.4. The number of rotatable bonds is 26. The molecule has 0 spiro atoms. The fraction of sp³-hybridized carbons (Fsp3) is 0.117. The van der Waals surface area contributed by atoms with E-state index in [1.807, 2.05) is 60.9 Å². The number of hydrogen-bond acceptors (Lipinski definition) is 20. The molecule has 0 fully saturated rings. The van der Waals surface area contributed by atoms with Crippen LogP contribution in [0.3, 0.4) is 0 Å². The van der Waals surface area contributed by atoms with Crippen LogP contribution in [0.4, 0.5) is 0 Å². The summed E-state index contributed by atoms with van der Waals surface area (Å²) in [4.78, 5) is 65.1. The van der Waals surface area contributed by atoms with Crippen molar-refractivity contribution in [3.05, 3.63) is 378 Å². The first-order valence-electron chi connectivity index (χ1n) is 36.1. The summed E-state index contributed by atoms with van der Waals surface area (Å²) in [7, 11) is 6.46. The molecule has 5 aromatic carbocycles. The quantitative estimate of drug-likeness (QED) is 0.0131. The summed E-state index contributed by atoms with van der Waals surface area (Å²) in [6.45, 7) is 40.4.